The summed E-state index contributed by atoms with van der Waals surface area (Å²) >= 11 is 2.43. The van der Waals surface area contributed by atoms with E-state index in [4.69, 9.17) is 9.47 Å². The minimum atomic E-state index is -0.683. The van der Waals surface area contributed by atoms with E-state index in [1.165, 1.54) is 29.6 Å². The third-order valence-electron chi connectivity index (χ3n) is 3.89. The molecule has 0 aliphatic carbocycles. The molecule has 0 aromatic carbocycles. The molecule has 0 N–H and O–H groups in total. The summed E-state index contributed by atoms with van der Waals surface area (Å²) in [5, 5.41) is 4.14. The lowest BCUT2D eigenvalue weighted by Crippen LogP contribution is -2.24. The molecular formula is C23H25N3O5S2. The molecule has 0 aliphatic heterocycles. The van der Waals surface area contributed by atoms with Crippen LogP contribution in [0.1, 0.15) is 79.2 Å². The van der Waals surface area contributed by atoms with Crippen LogP contribution in [0, 0.1) is 0 Å². The molecule has 33 heavy (non-hydrogen) atoms. The Balaban J connectivity index is 2.06. The van der Waals surface area contributed by atoms with Crippen molar-refractivity contribution in [1.82, 2.24) is 15.0 Å². The molecule has 0 aliphatic rings. The maximum Gasteiger partial charge on any atom is 0.358 e. The number of aromatic nitrogens is 3. The van der Waals surface area contributed by atoms with Crippen LogP contribution in [-0.2, 0) is 9.47 Å². The van der Waals surface area contributed by atoms with Crippen LogP contribution in [0.15, 0.2) is 22.9 Å². The number of rotatable bonds is 5. The van der Waals surface area contributed by atoms with Gasteiger partial charge in [0.1, 0.15) is 33.3 Å². The predicted octanol–water partition coefficient (Wildman–Crippen LogP) is 5.44. The highest BCUT2D eigenvalue weighted by molar-refractivity contribution is 7.13. The molecule has 0 saturated carbocycles. The SMILES string of the molecule is CC(=O)c1nc(-c2nc(C(=O)OC(C)(C)C)ccc2-c2nc(C(=O)OC(C)(C)C)cs2)cs1. The Kier molecular flexibility index (Phi) is 6.80. The normalized spacial score (nSPS) is 11.8. The first kappa shape index (κ1) is 24.7. The molecule has 0 unspecified atom stereocenters. The predicted molar refractivity (Wildman–Crippen MR) is 127 cm³/mol. The van der Waals surface area contributed by atoms with Crippen molar-refractivity contribution in [2.24, 2.45) is 0 Å². The lowest BCUT2D eigenvalue weighted by molar-refractivity contribution is 0.00513. The van der Waals surface area contributed by atoms with Crippen molar-refractivity contribution in [3.8, 4) is 22.0 Å². The third kappa shape index (κ3) is 6.29. The van der Waals surface area contributed by atoms with Crippen LogP contribution < -0.4 is 0 Å². The lowest BCUT2D eigenvalue weighted by Gasteiger charge is -2.19. The molecule has 0 saturated heterocycles. The van der Waals surface area contributed by atoms with Gasteiger partial charge in [-0.15, -0.1) is 22.7 Å². The quantitative estimate of drug-likeness (QED) is 0.346. The second-order valence-corrected chi connectivity index (χ2v) is 10.9. The molecule has 174 valence electrons. The van der Waals surface area contributed by atoms with Crippen LogP contribution in [-0.4, -0.2) is 43.9 Å². The number of carbonyl (C=O) groups is 3. The third-order valence-corrected chi connectivity index (χ3v) is 5.71. The fourth-order valence-electron chi connectivity index (χ4n) is 2.64. The van der Waals surface area contributed by atoms with Gasteiger partial charge in [0.05, 0.1) is 0 Å². The molecule has 3 rings (SSSR count). The molecule has 0 spiro atoms. The Hall–Kier alpha value is -2.98. The van der Waals surface area contributed by atoms with Gasteiger partial charge in [0.25, 0.3) is 0 Å². The van der Waals surface area contributed by atoms with Crippen molar-refractivity contribution in [3.05, 3.63) is 39.3 Å². The van der Waals surface area contributed by atoms with Crippen molar-refractivity contribution >= 4 is 40.4 Å². The van der Waals surface area contributed by atoms with Crippen LogP contribution in [0.5, 0.6) is 0 Å². The Morgan fingerprint density at radius 3 is 1.94 bits per heavy atom. The van der Waals surface area contributed by atoms with Crippen molar-refractivity contribution in [3.63, 3.8) is 0 Å². The smallest absolute Gasteiger partial charge is 0.358 e. The lowest BCUT2D eigenvalue weighted by atomic mass is 10.1. The number of thiazole rings is 2. The maximum absolute atomic E-state index is 12.6. The second kappa shape index (κ2) is 9.11. The molecular weight excluding hydrogens is 462 g/mol. The zero-order valence-electron chi connectivity index (χ0n) is 19.5. The summed E-state index contributed by atoms with van der Waals surface area (Å²) in [6, 6.07) is 3.23. The summed E-state index contributed by atoms with van der Waals surface area (Å²) in [7, 11) is 0. The highest BCUT2D eigenvalue weighted by atomic mass is 32.1. The van der Waals surface area contributed by atoms with E-state index in [1.807, 2.05) is 0 Å². The van der Waals surface area contributed by atoms with E-state index < -0.39 is 23.1 Å². The van der Waals surface area contributed by atoms with E-state index in [0.717, 1.165) is 0 Å². The van der Waals surface area contributed by atoms with Crippen molar-refractivity contribution in [1.29, 1.82) is 0 Å². The fraction of sp³-hybridized carbons (Fsp3) is 0.391. The largest absolute Gasteiger partial charge is 0.455 e. The van der Waals surface area contributed by atoms with E-state index in [-0.39, 0.29) is 17.2 Å². The van der Waals surface area contributed by atoms with Gasteiger partial charge >= 0.3 is 11.9 Å². The van der Waals surface area contributed by atoms with Gasteiger partial charge in [-0.1, -0.05) is 0 Å². The van der Waals surface area contributed by atoms with Crippen molar-refractivity contribution < 1.29 is 23.9 Å². The highest BCUT2D eigenvalue weighted by Gasteiger charge is 2.25. The monoisotopic (exact) mass is 487 g/mol. The number of ether oxygens (including phenoxy) is 2. The summed E-state index contributed by atoms with van der Waals surface area (Å²) in [6.45, 7) is 12.1. The number of ketones is 1. The molecule has 3 heterocycles. The van der Waals surface area contributed by atoms with E-state index in [1.54, 1.807) is 64.4 Å². The summed E-state index contributed by atoms with van der Waals surface area (Å²) in [6.07, 6.45) is 0. The van der Waals surface area contributed by atoms with E-state index >= 15 is 0 Å². The van der Waals surface area contributed by atoms with Gasteiger partial charge in [0.15, 0.2) is 16.5 Å². The van der Waals surface area contributed by atoms with Crippen LogP contribution in [0.4, 0.5) is 0 Å². The summed E-state index contributed by atoms with van der Waals surface area (Å²) in [5.74, 6) is -1.28. The average Bonchev–Trinajstić information content (AvgIpc) is 3.35. The minimum Gasteiger partial charge on any atom is -0.455 e. The van der Waals surface area contributed by atoms with Crippen LogP contribution >= 0.6 is 22.7 Å². The van der Waals surface area contributed by atoms with Gasteiger partial charge in [-0.25, -0.2) is 24.5 Å². The van der Waals surface area contributed by atoms with Gasteiger partial charge in [0, 0.05) is 23.2 Å². The summed E-state index contributed by atoms with van der Waals surface area (Å²) in [5.41, 5.74) is 0.318. The Bertz CT molecular complexity index is 1220. The standard InChI is InChI=1S/C23H25N3O5S2/c1-12(27)18-25-15(10-32-18)17-13(8-9-14(24-17)20(28)30-22(2,3)4)19-26-16(11-33-19)21(29)31-23(5,6)7/h8-11H,1-7H3. The summed E-state index contributed by atoms with van der Waals surface area (Å²) in [4.78, 5) is 50.1. The van der Waals surface area contributed by atoms with Gasteiger partial charge < -0.3 is 9.47 Å². The summed E-state index contributed by atoms with van der Waals surface area (Å²) < 4.78 is 10.8. The molecule has 8 nitrogen and oxygen atoms in total. The molecule has 3 aromatic rings. The first-order valence-electron chi connectivity index (χ1n) is 10.1. The minimum absolute atomic E-state index is 0.102. The van der Waals surface area contributed by atoms with E-state index in [9.17, 15) is 14.4 Å². The van der Waals surface area contributed by atoms with E-state index in [0.29, 0.717) is 27.0 Å². The highest BCUT2D eigenvalue weighted by Crippen LogP contribution is 2.34. The molecule has 10 heteroatoms. The number of Topliss-reactive ketones (excluding diaryl/α,β-unsaturated/α-hetero) is 1. The number of nitrogens with zero attached hydrogens (tertiary/aromatic N) is 3. The van der Waals surface area contributed by atoms with Crippen LogP contribution in [0.3, 0.4) is 0 Å². The zero-order valence-corrected chi connectivity index (χ0v) is 21.1. The van der Waals surface area contributed by atoms with Crippen LogP contribution in [0.2, 0.25) is 0 Å². The first-order chi connectivity index (χ1) is 15.2. The second-order valence-electron chi connectivity index (χ2n) is 9.23. The molecule has 0 fully saturated rings. The number of hydrogen-bond acceptors (Lipinski definition) is 10. The molecule has 0 amide bonds. The van der Waals surface area contributed by atoms with Crippen molar-refractivity contribution in [2.45, 2.75) is 59.7 Å². The van der Waals surface area contributed by atoms with Crippen LogP contribution in [0.25, 0.3) is 22.0 Å². The molecule has 0 atom stereocenters. The van der Waals surface area contributed by atoms with Crippen molar-refractivity contribution in [2.75, 3.05) is 0 Å². The van der Waals surface area contributed by atoms with Gasteiger partial charge in [-0.2, -0.15) is 0 Å². The number of hydrogen-bond donors (Lipinski definition) is 0. The van der Waals surface area contributed by atoms with E-state index in [2.05, 4.69) is 15.0 Å². The Morgan fingerprint density at radius 1 is 0.788 bits per heavy atom. The topological polar surface area (TPSA) is 108 Å². The average molecular weight is 488 g/mol. The fourth-order valence-corrected chi connectivity index (χ4v) is 4.16. The zero-order chi connectivity index (χ0) is 24.6. The van der Waals surface area contributed by atoms with Gasteiger partial charge in [-0.3, -0.25) is 4.79 Å². The maximum atomic E-state index is 12.6. The van der Waals surface area contributed by atoms with Gasteiger partial charge in [0.2, 0.25) is 0 Å². The Labute approximate surface area is 200 Å². The number of pyridine rings is 1. The molecule has 3 aromatic heterocycles. The van der Waals surface area contributed by atoms with Gasteiger partial charge in [-0.05, 0) is 53.7 Å². The number of esters is 2. The number of carbonyl (C=O) groups excluding carboxylic acids is 3. The molecule has 0 bridgehead atoms. The molecule has 0 radical (unpaired) electrons. The Morgan fingerprint density at radius 2 is 1.39 bits per heavy atom. The first-order valence-corrected chi connectivity index (χ1v) is 11.9.